The van der Waals surface area contributed by atoms with Gasteiger partial charge in [0.25, 0.3) is 0 Å². The maximum atomic E-state index is 2.39. The molecule has 0 unspecified atom stereocenters. The summed E-state index contributed by atoms with van der Waals surface area (Å²) < 4.78 is 2.39. The lowest BCUT2D eigenvalue weighted by Crippen LogP contribution is -2.30. The van der Waals surface area contributed by atoms with Crippen LogP contribution in [0.5, 0.6) is 0 Å². The molecule has 1 aromatic rings. The Balaban J connectivity index is 2.34. The van der Waals surface area contributed by atoms with Crippen LogP contribution in [-0.4, -0.2) is 23.1 Å². The highest BCUT2D eigenvalue weighted by atomic mass is 15.2. The van der Waals surface area contributed by atoms with E-state index < -0.39 is 0 Å². The fourth-order valence-electron chi connectivity index (χ4n) is 1.89. The Morgan fingerprint density at radius 3 is 3.00 bits per heavy atom. The quantitative estimate of drug-likeness (QED) is 0.610. The fourth-order valence-corrected chi connectivity index (χ4v) is 1.89. The Morgan fingerprint density at radius 1 is 1.42 bits per heavy atom. The molecule has 0 aromatic carbocycles. The van der Waals surface area contributed by atoms with E-state index in [-0.39, 0.29) is 0 Å². The van der Waals surface area contributed by atoms with Crippen molar-refractivity contribution in [3.8, 4) is 0 Å². The highest BCUT2D eigenvalue weighted by Gasteiger charge is 2.14. The fraction of sp³-hybridized carbons (Fsp3) is 0.600. The first kappa shape index (κ1) is 7.87. The molecule has 12 heavy (non-hydrogen) atoms. The summed E-state index contributed by atoms with van der Waals surface area (Å²) in [6, 6.07) is 2.26. The number of likely N-dealkylation sites (N-methyl/N-ethyl adjacent to an activating group) is 1. The molecule has 0 spiro atoms. The molecule has 0 aliphatic carbocycles. The van der Waals surface area contributed by atoms with Crippen molar-refractivity contribution < 1.29 is 0 Å². The van der Waals surface area contributed by atoms with Gasteiger partial charge in [-0.05, 0) is 25.1 Å². The second-order valence-corrected chi connectivity index (χ2v) is 3.57. The maximum absolute atomic E-state index is 2.39. The van der Waals surface area contributed by atoms with Gasteiger partial charge >= 0.3 is 0 Å². The van der Waals surface area contributed by atoms with E-state index >= 15 is 0 Å². The van der Waals surface area contributed by atoms with E-state index in [0.717, 1.165) is 19.5 Å². The molecule has 66 valence electrons. The van der Waals surface area contributed by atoms with Gasteiger partial charge in [0.2, 0.25) is 0 Å². The van der Waals surface area contributed by atoms with Crippen LogP contribution in [0.15, 0.2) is 12.3 Å². The maximum Gasteiger partial charge on any atom is 0.0387 e. The second kappa shape index (κ2) is 2.94. The summed E-state index contributed by atoms with van der Waals surface area (Å²) in [6.45, 7) is 5.69. The van der Waals surface area contributed by atoms with Crippen molar-refractivity contribution in [1.82, 2.24) is 9.47 Å². The molecule has 0 radical (unpaired) electrons. The van der Waals surface area contributed by atoms with Crippen LogP contribution in [0.1, 0.15) is 18.2 Å². The van der Waals surface area contributed by atoms with Gasteiger partial charge in [0.1, 0.15) is 0 Å². The van der Waals surface area contributed by atoms with E-state index in [2.05, 4.69) is 35.7 Å². The molecular weight excluding hydrogens is 148 g/mol. The lowest BCUT2D eigenvalue weighted by atomic mass is 10.1. The molecule has 1 aliphatic heterocycles. The van der Waals surface area contributed by atoms with Gasteiger partial charge in [-0.15, -0.1) is 0 Å². The number of nitrogens with zero attached hydrogens (tertiary/aromatic N) is 2. The van der Waals surface area contributed by atoms with E-state index in [9.17, 15) is 0 Å². The van der Waals surface area contributed by atoms with Crippen LogP contribution in [0.25, 0.3) is 0 Å². The number of aromatic nitrogens is 1. The molecule has 0 atom stereocenters. The summed E-state index contributed by atoms with van der Waals surface area (Å²) >= 11 is 0. The van der Waals surface area contributed by atoms with Gasteiger partial charge in [-0.3, -0.25) is 4.90 Å². The van der Waals surface area contributed by atoms with E-state index in [0.29, 0.717) is 0 Å². The standard InChI is InChI=1S/C10H16N2/c1-3-9-4-5-12-7-6-11(2)8-10(9)12/h4-5H,3,6-8H2,1-2H3. The van der Waals surface area contributed by atoms with E-state index in [4.69, 9.17) is 0 Å². The molecule has 0 amide bonds. The third-order valence-corrected chi connectivity index (χ3v) is 2.70. The van der Waals surface area contributed by atoms with Gasteiger partial charge in [0, 0.05) is 31.5 Å². The van der Waals surface area contributed by atoms with Gasteiger partial charge in [0.05, 0.1) is 0 Å². The molecule has 0 saturated carbocycles. The van der Waals surface area contributed by atoms with E-state index in [1.165, 1.54) is 17.8 Å². The third kappa shape index (κ3) is 1.16. The Labute approximate surface area is 73.8 Å². The number of fused-ring (bicyclic) bond motifs is 1. The zero-order valence-electron chi connectivity index (χ0n) is 7.88. The molecule has 0 fully saturated rings. The summed E-state index contributed by atoms with van der Waals surface area (Å²) in [5.41, 5.74) is 3.04. The highest BCUT2D eigenvalue weighted by Crippen LogP contribution is 2.17. The van der Waals surface area contributed by atoms with E-state index in [1.54, 1.807) is 0 Å². The Hall–Kier alpha value is -0.760. The smallest absolute Gasteiger partial charge is 0.0387 e. The molecule has 2 heteroatoms. The summed E-state index contributed by atoms with van der Waals surface area (Å²) in [5, 5.41) is 0. The first-order chi connectivity index (χ1) is 5.81. The summed E-state index contributed by atoms with van der Waals surface area (Å²) in [5.74, 6) is 0. The third-order valence-electron chi connectivity index (χ3n) is 2.70. The first-order valence-electron chi connectivity index (χ1n) is 4.66. The first-order valence-corrected chi connectivity index (χ1v) is 4.66. The number of aryl methyl sites for hydroxylation is 1. The lowest BCUT2D eigenvalue weighted by Gasteiger charge is -2.25. The van der Waals surface area contributed by atoms with Gasteiger partial charge in [-0.1, -0.05) is 6.92 Å². The van der Waals surface area contributed by atoms with Crippen LogP contribution >= 0.6 is 0 Å². The second-order valence-electron chi connectivity index (χ2n) is 3.57. The lowest BCUT2D eigenvalue weighted by molar-refractivity contribution is 0.268. The Kier molecular flexibility index (Phi) is 1.93. The number of rotatable bonds is 1. The predicted molar refractivity (Wildman–Crippen MR) is 50.1 cm³/mol. The zero-order chi connectivity index (χ0) is 8.55. The van der Waals surface area contributed by atoms with Crippen LogP contribution in [-0.2, 0) is 19.5 Å². The molecular formula is C10H16N2. The number of hydrogen-bond donors (Lipinski definition) is 0. The molecule has 1 aromatic heterocycles. The van der Waals surface area contributed by atoms with Crippen molar-refractivity contribution in [3.05, 3.63) is 23.5 Å². The molecule has 2 heterocycles. The van der Waals surface area contributed by atoms with Gasteiger partial charge in [-0.25, -0.2) is 0 Å². The minimum atomic E-state index is 1.12. The topological polar surface area (TPSA) is 8.17 Å². The Morgan fingerprint density at radius 2 is 2.25 bits per heavy atom. The SMILES string of the molecule is CCc1ccn2c1CN(C)CC2. The summed E-state index contributed by atoms with van der Waals surface area (Å²) in [4.78, 5) is 2.38. The van der Waals surface area contributed by atoms with Crippen molar-refractivity contribution in [2.75, 3.05) is 13.6 Å². The summed E-state index contributed by atoms with van der Waals surface area (Å²) in [6.07, 6.45) is 3.39. The van der Waals surface area contributed by atoms with Crippen LogP contribution < -0.4 is 0 Å². The average molecular weight is 164 g/mol. The molecule has 0 N–H and O–H groups in total. The molecule has 2 nitrogen and oxygen atoms in total. The largest absolute Gasteiger partial charge is 0.349 e. The minimum absolute atomic E-state index is 1.12. The summed E-state index contributed by atoms with van der Waals surface area (Å²) in [7, 11) is 2.19. The van der Waals surface area contributed by atoms with E-state index in [1.807, 2.05) is 0 Å². The zero-order valence-corrected chi connectivity index (χ0v) is 7.88. The van der Waals surface area contributed by atoms with Crippen LogP contribution in [0.2, 0.25) is 0 Å². The van der Waals surface area contributed by atoms with Crippen molar-refractivity contribution >= 4 is 0 Å². The van der Waals surface area contributed by atoms with Gasteiger partial charge in [-0.2, -0.15) is 0 Å². The van der Waals surface area contributed by atoms with Gasteiger partial charge < -0.3 is 4.57 Å². The van der Waals surface area contributed by atoms with Crippen LogP contribution in [0, 0.1) is 0 Å². The highest BCUT2D eigenvalue weighted by molar-refractivity contribution is 5.23. The van der Waals surface area contributed by atoms with Crippen molar-refractivity contribution in [3.63, 3.8) is 0 Å². The van der Waals surface area contributed by atoms with Crippen molar-refractivity contribution in [2.24, 2.45) is 0 Å². The molecule has 1 aliphatic rings. The van der Waals surface area contributed by atoms with Crippen LogP contribution in [0.3, 0.4) is 0 Å². The van der Waals surface area contributed by atoms with Gasteiger partial charge in [0.15, 0.2) is 0 Å². The monoisotopic (exact) mass is 164 g/mol. The van der Waals surface area contributed by atoms with Crippen molar-refractivity contribution in [1.29, 1.82) is 0 Å². The Bertz CT molecular complexity index is 262. The average Bonchev–Trinajstić information content (AvgIpc) is 2.46. The molecule has 2 rings (SSSR count). The molecule has 0 saturated heterocycles. The molecule has 0 bridgehead atoms. The number of hydrogen-bond acceptors (Lipinski definition) is 1. The van der Waals surface area contributed by atoms with Crippen LogP contribution in [0.4, 0.5) is 0 Å². The normalized spacial score (nSPS) is 17.8. The van der Waals surface area contributed by atoms with Crippen molar-refractivity contribution in [2.45, 2.75) is 26.4 Å². The predicted octanol–water partition coefficient (Wildman–Crippen LogP) is 1.50. The minimum Gasteiger partial charge on any atom is -0.349 e.